The van der Waals surface area contributed by atoms with E-state index in [0.717, 1.165) is 27.8 Å². The van der Waals surface area contributed by atoms with Crippen LogP contribution < -0.4 is 0 Å². The molecule has 2 aromatic carbocycles. The Morgan fingerprint density at radius 1 is 1.00 bits per heavy atom. The summed E-state index contributed by atoms with van der Waals surface area (Å²) in [5.41, 5.74) is 6.80. The fourth-order valence-corrected chi connectivity index (χ4v) is 3.24. The highest BCUT2D eigenvalue weighted by molar-refractivity contribution is 5.88. The van der Waals surface area contributed by atoms with Crippen LogP contribution in [0.5, 0.6) is 0 Å². The van der Waals surface area contributed by atoms with Crippen LogP contribution in [0.4, 0.5) is 0 Å². The van der Waals surface area contributed by atoms with Gasteiger partial charge in [0.05, 0.1) is 5.56 Å². The van der Waals surface area contributed by atoms with Crippen LogP contribution in [0.2, 0.25) is 0 Å². The molecule has 2 aliphatic heterocycles. The fourth-order valence-electron chi connectivity index (χ4n) is 3.24. The average Bonchev–Trinajstić information content (AvgIpc) is 3.02. The molecule has 2 aromatic rings. The van der Waals surface area contributed by atoms with E-state index < -0.39 is 5.97 Å². The first-order valence-corrected chi connectivity index (χ1v) is 6.88. The van der Waals surface area contributed by atoms with Crippen molar-refractivity contribution in [2.24, 2.45) is 0 Å². The van der Waals surface area contributed by atoms with Gasteiger partial charge < -0.3 is 9.84 Å². The number of carboxylic acids is 1. The van der Waals surface area contributed by atoms with Crippen molar-refractivity contribution in [2.45, 2.75) is 19.1 Å². The number of benzene rings is 2. The summed E-state index contributed by atoms with van der Waals surface area (Å²) in [6, 6.07) is 11.5. The van der Waals surface area contributed by atoms with Gasteiger partial charge >= 0.3 is 5.97 Å². The van der Waals surface area contributed by atoms with Crippen molar-refractivity contribution in [3.63, 3.8) is 0 Å². The van der Waals surface area contributed by atoms with Crippen molar-refractivity contribution in [3.05, 3.63) is 76.4 Å². The highest BCUT2D eigenvalue weighted by atomic mass is 16.5. The van der Waals surface area contributed by atoms with Crippen LogP contribution in [0.3, 0.4) is 0 Å². The third-order valence-electron chi connectivity index (χ3n) is 4.32. The Hall–Kier alpha value is -2.39. The molecule has 2 heterocycles. The molecular weight excluding hydrogens is 264 g/mol. The van der Waals surface area contributed by atoms with E-state index in [0.29, 0.717) is 5.56 Å². The van der Waals surface area contributed by atoms with Crippen molar-refractivity contribution in [1.29, 1.82) is 0 Å². The van der Waals surface area contributed by atoms with Crippen LogP contribution in [-0.4, -0.2) is 11.1 Å². The van der Waals surface area contributed by atoms with Gasteiger partial charge in [0.25, 0.3) is 0 Å². The van der Waals surface area contributed by atoms with Crippen molar-refractivity contribution < 1.29 is 14.6 Å². The molecule has 3 nitrogen and oxygen atoms in total. The normalized spacial score (nSPS) is 21.0. The molecule has 2 bridgehead atoms. The molecule has 0 saturated heterocycles. The third kappa shape index (κ3) is 1.61. The van der Waals surface area contributed by atoms with Crippen molar-refractivity contribution in [2.75, 3.05) is 0 Å². The summed E-state index contributed by atoms with van der Waals surface area (Å²) in [4.78, 5) is 11.1. The SMILES string of the molecule is C=C(C)c1ccc2c(c1)[C@H]1O[C@@H]2c2ccc(C(=O)O)cc21. The molecule has 104 valence electrons. The summed E-state index contributed by atoms with van der Waals surface area (Å²) in [5, 5.41) is 9.15. The zero-order chi connectivity index (χ0) is 14.7. The Morgan fingerprint density at radius 2 is 1.52 bits per heavy atom. The predicted octanol–water partition coefficient (Wildman–Crippen LogP) is 3.94. The summed E-state index contributed by atoms with van der Waals surface area (Å²) < 4.78 is 6.06. The monoisotopic (exact) mass is 278 g/mol. The molecule has 0 saturated carbocycles. The summed E-state index contributed by atoms with van der Waals surface area (Å²) in [6.45, 7) is 5.95. The van der Waals surface area contributed by atoms with Crippen LogP contribution in [0.25, 0.3) is 5.57 Å². The number of rotatable bonds is 2. The van der Waals surface area contributed by atoms with Crippen LogP contribution in [0, 0.1) is 0 Å². The number of fused-ring (bicyclic) bond motifs is 8. The van der Waals surface area contributed by atoms with Gasteiger partial charge in [-0.05, 0) is 52.9 Å². The van der Waals surface area contributed by atoms with Gasteiger partial charge in [-0.1, -0.05) is 30.4 Å². The van der Waals surface area contributed by atoms with Gasteiger partial charge in [0, 0.05) is 0 Å². The molecule has 0 fully saturated rings. The highest BCUT2D eigenvalue weighted by Gasteiger charge is 2.42. The van der Waals surface area contributed by atoms with E-state index in [9.17, 15) is 4.79 Å². The first kappa shape index (κ1) is 12.4. The smallest absolute Gasteiger partial charge is 0.335 e. The fraction of sp³-hybridized carbons (Fsp3) is 0.167. The molecule has 0 spiro atoms. The van der Waals surface area contributed by atoms with E-state index in [2.05, 4.69) is 24.8 Å². The minimum Gasteiger partial charge on any atom is -0.478 e. The van der Waals surface area contributed by atoms with Gasteiger partial charge in [0.15, 0.2) is 0 Å². The van der Waals surface area contributed by atoms with E-state index >= 15 is 0 Å². The number of hydrogen-bond donors (Lipinski definition) is 1. The Labute approximate surface area is 122 Å². The molecule has 0 aliphatic carbocycles. The summed E-state index contributed by atoms with van der Waals surface area (Å²) in [6.07, 6.45) is -0.222. The third-order valence-corrected chi connectivity index (χ3v) is 4.32. The number of allylic oxidation sites excluding steroid dienone is 1. The van der Waals surface area contributed by atoms with Crippen molar-refractivity contribution in [1.82, 2.24) is 0 Å². The maximum Gasteiger partial charge on any atom is 0.335 e. The molecule has 0 amide bonds. The Morgan fingerprint density at radius 3 is 2.10 bits per heavy atom. The van der Waals surface area contributed by atoms with Crippen LogP contribution in [0.15, 0.2) is 43.0 Å². The lowest BCUT2D eigenvalue weighted by Crippen LogP contribution is -2.06. The molecule has 0 unspecified atom stereocenters. The van der Waals surface area contributed by atoms with E-state index in [1.54, 1.807) is 12.1 Å². The van der Waals surface area contributed by atoms with Crippen LogP contribution in [-0.2, 0) is 4.74 Å². The molecule has 4 rings (SSSR count). The van der Waals surface area contributed by atoms with E-state index in [4.69, 9.17) is 9.84 Å². The number of carbonyl (C=O) groups is 1. The lowest BCUT2D eigenvalue weighted by Gasteiger charge is -2.17. The average molecular weight is 278 g/mol. The summed E-state index contributed by atoms with van der Waals surface area (Å²) in [7, 11) is 0. The zero-order valence-corrected chi connectivity index (χ0v) is 11.6. The number of ether oxygens (including phenoxy) is 1. The van der Waals surface area contributed by atoms with Gasteiger partial charge in [0.2, 0.25) is 0 Å². The quantitative estimate of drug-likeness (QED) is 0.905. The lowest BCUT2D eigenvalue weighted by molar-refractivity contribution is 0.0696. The maximum absolute atomic E-state index is 11.1. The molecule has 0 radical (unpaired) electrons. The standard InChI is InChI=1S/C18H14O3/c1-9(2)10-3-5-12-14(7-10)17-15-8-11(18(19)20)4-6-13(15)16(12)21-17/h3-8,16-17H,1H2,2H3,(H,19,20)/t16-,17+/m0/s1. The maximum atomic E-state index is 11.1. The van der Waals surface area contributed by atoms with Gasteiger partial charge in [0.1, 0.15) is 12.2 Å². The second-order valence-corrected chi connectivity index (χ2v) is 5.67. The molecular formula is C18H14O3. The number of carboxylic acid groups (broad SMARTS) is 1. The largest absolute Gasteiger partial charge is 0.478 e. The zero-order valence-electron chi connectivity index (χ0n) is 11.6. The molecule has 1 N–H and O–H groups in total. The van der Waals surface area contributed by atoms with Crippen LogP contribution >= 0.6 is 0 Å². The van der Waals surface area contributed by atoms with E-state index in [-0.39, 0.29) is 12.2 Å². The van der Waals surface area contributed by atoms with Crippen molar-refractivity contribution in [3.8, 4) is 0 Å². The predicted molar refractivity (Wildman–Crippen MR) is 79.3 cm³/mol. The van der Waals surface area contributed by atoms with Gasteiger partial charge in [-0.3, -0.25) is 0 Å². The molecule has 2 atom stereocenters. The minimum atomic E-state index is -0.906. The first-order valence-electron chi connectivity index (χ1n) is 6.88. The van der Waals surface area contributed by atoms with Crippen molar-refractivity contribution >= 4 is 11.5 Å². The van der Waals surface area contributed by atoms with Crippen LogP contribution in [0.1, 0.15) is 57.3 Å². The summed E-state index contributed by atoms with van der Waals surface area (Å²) in [5.74, 6) is -0.906. The topological polar surface area (TPSA) is 46.5 Å². The lowest BCUT2D eigenvalue weighted by atomic mass is 9.84. The van der Waals surface area contributed by atoms with Gasteiger partial charge in [-0.25, -0.2) is 4.79 Å². The first-order chi connectivity index (χ1) is 10.1. The Kier molecular flexibility index (Phi) is 2.39. The number of aromatic carboxylic acids is 1. The highest BCUT2D eigenvalue weighted by Crippen LogP contribution is 2.54. The summed E-state index contributed by atoms with van der Waals surface area (Å²) >= 11 is 0. The van der Waals surface area contributed by atoms with Gasteiger partial charge in [-0.15, -0.1) is 0 Å². The second kappa shape index (κ2) is 4.06. The minimum absolute atomic E-state index is 0.0676. The molecule has 2 aliphatic rings. The molecule has 0 aromatic heterocycles. The molecule has 3 heteroatoms. The molecule has 21 heavy (non-hydrogen) atoms. The second-order valence-electron chi connectivity index (χ2n) is 5.67. The van der Waals surface area contributed by atoms with E-state index in [1.165, 1.54) is 5.56 Å². The Bertz CT molecular complexity index is 739. The van der Waals surface area contributed by atoms with E-state index in [1.807, 2.05) is 13.0 Å². The van der Waals surface area contributed by atoms with Gasteiger partial charge in [-0.2, -0.15) is 0 Å². The number of hydrogen-bond acceptors (Lipinski definition) is 2. The Balaban J connectivity index is 1.86.